The number of carbonyl (C=O) groups is 1. The summed E-state index contributed by atoms with van der Waals surface area (Å²) in [6, 6.07) is 0.342. The lowest BCUT2D eigenvalue weighted by atomic mass is 10.1. The van der Waals surface area contributed by atoms with Gasteiger partial charge in [-0.3, -0.25) is 9.78 Å². The molecule has 0 bridgehead atoms. The van der Waals surface area contributed by atoms with E-state index in [4.69, 9.17) is 10.8 Å². The lowest BCUT2D eigenvalue weighted by molar-refractivity contribution is -0.138. The normalized spacial score (nSPS) is 12.5. The smallest absolute Gasteiger partial charge is 0.320 e. The van der Waals surface area contributed by atoms with E-state index in [9.17, 15) is 9.18 Å². The van der Waals surface area contributed by atoms with Gasteiger partial charge in [-0.1, -0.05) is 0 Å². The molecular formula is C8H9FN2O2. The number of nitrogens with zero attached hydrogens (tertiary/aromatic N) is 1. The molecule has 5 heteroatoms. The van der Waals surface area contributed by atoms with Gasteiger partial charge in [-0.15, -0.1) is 0 Å². The van der Waals surface area contributed by atoms with Crippen molar-refractivity contribution in [1.29, 1.82) is 0 Å². The number of rotatable bonds is 3. The lowest BCUT2D eigenvalue weighted by Gasteiger charge is -2.06. The molecule has 13 heavy (non-hydrogen) atoms. The van der Waals surface area contributed by atoms with E-state index in [0.717, 1.165) is 6.20 Å². The summed E-state index contributed by atoms with van der Waals surface area (Å²) in [4.78, 5) is 13.9. The van der Waals surface area contributed by atoms with Gasteiger partial charge in [-0.05, 0) is 11.6 Å². The first-order valence-electron chi connectivity index (χ1n) is 3.68. The molecule has 4 nitrogen and oxygen atoms in total. The van der Waals surface area contributed by atoms with Crippen molar-refractivity contribution in [2.45, 2.75) is 12.5 Å². The second kappa shape index (κ2) is 3.95. The second-order valence-corrected chi connectivity index (χ2v) is 2.62. The van der Waals surface area contributed by atoms with Gasteiger partial charge in [0, 0.05) is 12.6 Å². The van der Waals surface area contributed by atoms with Gasteiger partial charge >= 0.3 is 5.97 Å². The second-order valence-electron chi connectivity index (χ2n) is 2.62. The fourth-order valence-electron chi connectivity index (χ4n) is 0.894. The molecule has 0 amide bonds. The van der Waals surface area contributed by atoms with E-state index in [1.165, 1.54) is 12.3 Å². The van der Waals surface area contributed by atoms with Gasteiger partial charge < -0.3 is 10.8 Å². The summed E-state index contributed by atoms with van der Waals surface area (Å²) >= 11 is 0. The zero-order chi connectivity index (χ0) is 9.84. The molecule has 0 aliphatic rings. The van der Waals surface area contributed by atoms with Gasteiger partial charge in [0.1, 0.15) is 11.9 Å². The average Bonchev–Trinajstić information content (AvgIpc) is 2.08. The Kier molecular flexibility index (Phi) is 2.92. The first-order valence-corrected chi connectivity index (χ1v) is 3.68. The Morgan fingerprint density at radius 2 is 2.46 bits per heavy atom. The predicted octanol–water partition coefficient (Wildman–Crippen LogP) is 0.175. The third-order valence-corrected chi connectivity index (χ3v) is 1.61. The highest BCUT2D eigenvalue weighted by Gasteiger charge is 2.14. The van der Waals surface area contributed by atoms with Gasteiger partial charge in [0.05, 0.1) is 6.20 Å². The minimum absolute atomic E-state index is 0.0241. The minimum atomic E-state index is -1.14. The van der Waals surface area contributed by atoms with Crippen molar-refractivity contribution in [3.8, 4) is 0 Å². The Balaban J connectivity index is 2.74. The van der Waals surface area contributed by atoms with E-state index in [0.29, 0.717) is 0 Å². The number of carboxylic acids is 1. The molecule has 0 radical (unpaired) electrons. The maximum atomic E-state index is 12.9. The molecule has 70 valence electrons. The van der Waals surface area contributed by atoms with E-state index in [1.807, 2.05) is 0 Å². The highest BCUT2D eigenvalue weighted by Crippen LogP contribution is 2.06. The van der Waals surface area contributed by atoms with Crippen LogP contribution in [0.25, 0.3) is 0 Å². The topological polar surface area (TPSA) is 76.2 Å². The van der Waals surface area contributed by atoms with Crippen molar-refractivity contribution < 1.29 is 14.3 Å². The van der Waals surface area contributed by atoms with E-state index >= 15 is 0 Å². The first kappa shape index (κ1) is 9.60. The third-order valence-electron chi connectivity index (χ3n) is 1.61. The molecule has 1 atom stereocenters. The van der Waals surface area contributed by atoms with E-state index in [-0.39, 0.29) is 12.0 Å². The summed E-state index contributed by atoms with van der Waals surface area (Å²) < 4.78 is 12.9. The molecular weight excluding hydrogens is 175 g/mol. The Labute approximate surface area is 74.2 Å². The number of pyridine rings is 1. The molecule has 0 spiro atoms. The van der Waals surface area contributed by atoms with Gasteiger partial charge in [-0.25, -0.2) is 4.39 Å². The molecule has 1 rings (SSSR count). The molecule has 1 heterocycles. The zero-order valence-electron chi connectivity index (χ0n) is 6.77. The molecule has 0 aliphatic carbocycles. The van der Waals surface area contributed by atoms with Crippen LogP contribution >= 0.6 is 0 Å². The van der Waals surface area contributed by atoms with Crippen molar-refractivity contribution in [3.05, 3.63) is 29.8 Å². The standard InChI is InChI=1S/C8H9FN2O2/c9-6-4-11-2-1-5(6)3-7(10)8(12)13/h1-2,4,7H,3,10H2,(H,12,13). The number of nitrogens with two attached hydrogens (primary N) is 1. The number of aromatic nitrogens is 1. The maximum Gasteiger partial charge on any atom is 0.320 e. The Morgan fingerprint density at radius 3 is 3.00 bits per heavy atom. The van der Waals surface area contributed by atoms with Crippen LogP contribution in [0, 0.1) is 5.82 Å². The fourth-order valence-corrected chi connectivity index (χ4v) is 0.894. The largest absolute Gasteiger partial charge is 0.480 e. The van der Waals surface area contributed by atoms with Crippen LogP contribution in [0.1, 0.15) is 5.56 Å². The van der Waals surface area contributed by atoms with Crippen LogP contribution in [-0.4, -0.2) is 22.1 Å². The summed E-state index contributed by atoms with van der Waals surface area (Å²) in [6.07, 6.45) is 2.40. The molecule has 0 fully saturated rings. The molecule has 0 aliphatic heterocycles. The van der Waals surface area contributed by atoms with Crippen LogP contribution in [0.4, 0.5) is 4.39 Å². The molecule has 1 aromatic heterocycles. The number of halogens is 1. The van der Waals surface area contributed by atoms with Crippen molar-refractivity contribution in [3.63, 3.8) is 0 Å². The SMILES string of the molecule is NC(Cc1ccncc1F)C(=O)O. The van der Waals surface area contributed by atoms with Crippen LogP contribution in [-0.2, 0) is 11.2 Å². The maximum absolute atomic E-state index is 12.9. The Hall–Kier alpha value is -1.49. The van der Waals surface area contributed by atoms with Crippen molar-refractivity contribution in [2.75, 3.05) is 0 Å². The molecule has 1 unspecified atom stereocenters. The monoisotopic (exact) mass is 184 g/mol. The predicted molar refractivity (Wildman–Crippen MR) is 43.5 cm³/mol. The van der Waals surface area contributed by atoms with Crippen LogP contribution in [0.3, 0.4) is 0 Å². The summed E-state index contributed by atoms with van der Waals surface area (Å²) in [5.74, 6) is -1.67. The van der Waals surface area contributed by atoms with Crippen LogP contribution in [0.2, 0.25) is 0 Å². The quantitative estimate of drug-likeness (QED) is 0.702. The van der Waals surface area contributed by atoms with E-state index in [1.54, 1.807) is 0 Å². The number of aliphatic carboxylic acids is 1. The number of hydrogen-bond acceptors (Lipinski definition) is 3. The summed E-state index contributed by atoms with van der Waals surface area (Å²) in [5.41, 5.74) is 5.50. The van der Waals surface area contributed by atoms with Gasteiger partial charge in [0.2, 0.25) is 0 Å². The lowest BCUT2D eigenvalue weighted by Crippen LogP contribution is -2.32. The Morgan fingerprint density at radius 1 is 1.77 bits per heavy atom. The van der Waals surface area contributed by atoms with Crippen LogP contribution in [0.15, 0.2) is 18.5 Å². The van der Waals surface area contributed by atoms with E-state index < -0.39 is 17.8 Å². The molecule has 0 aromatic carbocycles. The average molecular weight is 184 g/mol. The van der Waals surface area contributed by atoms with E-state index in [2.05, 4.69) is 4.98 Å². The third kappa shape index (κ3) is 2.48. The summed E-state index contributed by atoms with van der Waals surface area (Å²) in [6.45, 7) is 0. The van der Waals surface area contributed by atoms with Crippen molar-refractivity contribution >= 4 is 5.97 Å². The van der Waals surface area contributed by atoms with Crippen molar-refractivity contribution in [2.24, 2.45) is 5.73 Å². The summed E-state index contributed by atoms with van der Waals surface area (Å²) in [5, 5.41) is 8.47. The molecule has 3 N–H and O–H groups in total. The highest BCUT2D eigenvalue weighted by atomic mass is 19.1. The van der Waals surface area contributed by atoms with Crippen molar-refractivity contribution in [1.82, 2.24) is 4.98 Å². The molecule has 0 saturated heterocycles. The number of carboxylic acid groups (broad SMARTS) is 1. The molecule has 0 saturated carbocycles. The Bertz CT molecular complexity index is 317. The van der Waals surface area contributed by atoms with Gasteiger partial charge in [-0.2, -0.15) is 0 Å². The zero-order valence-corrected chi connectivity index (χ0v) is 6.77. The number of hydrogen-bond donors (Lipinski definition) is 2. The van der Waals surface area contributed by atoms with Crippen LogP contribution in [0.5, 0.6) is 0 Å². The summed E-state index contributed by atoms with van der Waals surface area (Å²) in [7, 11) is 0. The first-order chi connectivity index (χ1) is 6.11. The van der Waals surface area contributed by atoms with Crippen LogP contribution < -0.4 is 5.73 Å². The fraction of sp³-hybridized carbons (Fsp3) is 0.250. The minimum Gasteiger partial charge on any atom is -0.480 e. The van der Waals surface area contributed by atoms with Gasteiger partial charge in [0.15, 0.2) is 0 Å². The highest BCUT2D eigenvalue weighted by molar-refractivity contribution is 5.73. The molecule has 1 aromatic rings. The van der Waals surface area contributed by atoms with Gasteiger partial charge in [0.25, 0.3) is 0 Å².